The quantitative estimate of drug-likeness (QED) is 0.106. The highest BCUT2D eigenvalue weighted by Crippen LogP contribution is 2.40. The molecule has 2 saturated heterocycles. The van der Waals surface area contributed by atoms with Gasteiger partial charge in [0.05, 0.1) is 0 Å². The van der Waals surface area contributed by atoms with Gasteiger partial charge in [0.25, 0.3) is 17.4 Å². The molecule has 2 aliphatic heterocycles. The Morgan fingerprint density at radius 2 is 0.909 bits per heavy atom. The number of ether oxygens (including phenoxy) is 2. The van der Waals surface area contributed by atoms with Gasteiger partial charge in [-0.2, -0.15) is 0 Å². The Hall–Kier alpha value is -4.74. The van der Waals surface area contributed by atoms with Gasteiger partial charge in [0.15, 0.2) is 0 Å². The molecule has 14 heteroatoms. The van der Waals surface area contributed by atoms with Gasteiger partial charge in [0.2, 0.25) is 12.2 Å². The van der Waals surface area contributed by atoms with E-state index in [-0.39, 0.29) is 37.5 Å². The first-order chi connectivity index (χ1) is 26.5. The van der Waals surface area contributed by atoms with Crippen LogP contribution in [-0.2, 0) is 22.7 Å². The first kappa shape index (κ1) is 38.5. The van der Waals surface area contributed by atoms with Crippen LogP contribution in [0.15, 0.2) is 113 Å². The number of hydrogen-bond acceptors (Lipinski definition) is 6. The predicted molar refractivity (Wildman–Crippen MR) is 212 cm³/mol. The predicted octanol–water partition coefficient (Wildman–Crippen LogP) is 7.77. The SMILES string of the molecule is Cc1cn(CCCN2C(=O)[C@@H](Oc3ccc(Cl)cc3)[C@H]2c2ccc(Cl)cc2)c(=O)n(CCCN2C(=O)[C@H](Oc3ccc(Cl)cc3)[C@@H]2c2ccc(Cl)cc2)c1=O. The van der Waals surface area contributed by atoms with Gasteiger partial charge in [-0.3, -0.25) is 19.0 Å². The summed E-state index contributed by atoms with van der Waals surface area (Å²) in [6.45, 7) is 2.67. The number of benzene rings is 4. The van der Waals surface area contributed by atoms with Crippen molar-refractivity contribution in [2.45, 2.75) is 57.1 Å². The lowest BCUT2D eigenvalue weighted by Crippen LogP contribution is -2.61. The molecule has 0 radical (unpaired) electrons. The number of rotatable bonds is 14. The van der Waals surface area contributed by atoms with Crippen LogP contribution in [0, 0.1) is 6.92 Å². The van der Waals surface area contributed by atoms with E-state index in [9.17, 15) is 19.2 Å². The largest absolute Gasteiger partial charge is 0.478 e. The number of hydrogen-bond donors (Lipinski definition) is 0. The molecule has 4 aromatic carbocycles. The minimum Gasteiger partial charge on any atom is -0.478 e. The molecule has 2 amide bonds. The van der Waals surface area contributed by atoms with Crippen LogP contribution in [-0.4, -0.2) is 56.0 Å². The van der Waals surface area contributed by atoms with Crippen molar-refractivity contribution >= 4 is 58.2 Å². The lowest BCUT2D eigenvalue weighted by Gasteiger charge is -2.47. The van der Waals surface area contributed by atoms with Crippen LogP contribution >= 0.6 is 46.4 Å². The van der Waals surface area contributed by atoms with Gasteiger partial charge >= 0.3 is 5.69 Å². The normalized spacial score (nSPS) is 19.2. The summed E-state index contributed by atoms with van der Waals surface area (Å²) in [4.78, 5) is 57.1. The second-order valence-electron chi connectivity index (χ2n) is 13.5. The molecule has 1 aromatic heterocycles. The van der Waals surface area contributed by atoms with E-state index in [1.165, 1.54) is 9.13 Å². The first-order valence-electron chi connectivity index (χ1n) is 17.8. The molecule has 5 aromatic rings. The molecule has 2 aliphatic rings. The van der Waals surface area contributed by atoms with Crippen LogP contribution in [0.2, 0.25) is 20.1 Å². The number of aromatic nitrogens is 2. The zero-order valence-electron chi connectivity index (χ0n) is 29.6. The fourth-order valence-electron chi connectivity index (χ4n) is 7.08. The van der Waals surface area contributed by atoms with E-state index in [4.69, 9.17) is 55.9 Å². The van der Waals surface area contributed by atoms with E-state index in [0.717, 1.165) is 11.1 Å². The lowest BCUT2D eigenvalue weighted by atomic mass is 9.90. The average Bonchev–Trinajstić information content (AvgIpc) is 3.18. The van der Waals surface area contributed by atoms with Gasteiger partial charge in [-0.05, 0) is 104 Å². The maximum absolute atomic E-state index is 13.7. The van der Waals surface area contributed by atoms with Crippen molar-refractivity contribution in [3.05, 3.63) is 161 Å². The summed E-state index contributed by atoms with van der Waals surface area (Å²) >= 11 is 24.4. The van der Waals surface area contributed by atoms with Gasteiger partial charge < -0.3 is 23.8 Å². The molecule has 7 rings (SSSR count). The molecular weight excluding hydrogens is 786 g/mol. The Labute approximate surface area is 337 Å². The zero-order chi connectivity index (χ0) is 38.8. The fourth-order valence-corrected chi connectivity index (χ4v) is 7.58. The van der Waals surface area contributed by atoms with Gasteiger partial charge in [0.1, 0.15) is 23.6 Å². The molecule has 3 heterocycles. The molecule has 0 saturated carbocycles. The first-order valence-corrected chi connectivity index (χ1v) is 19.3. The van der Waals surface area contributed by atoms with Crippen molar-refractivity contribution in [2.75, 3.05) is 13.1 Å². The van der Waals surface area contributed by atoms with Crippen molar-refractivity contribution in [1.29, 1.82) is 0 Å². The van der Waals surface area contributed by atoms with Gasteiger partial charge in [-0.1, -0.05) is 70.7 Å². The molecule has 55 heavy (non-hydrogen) atoms. The van der Waals surface area contributed by atoms with E-state index in [1.54, 1.807) is 95.7 Å². The van der Waals surface area contributed by atoms with Crippen molar-refractivity contribution in [2.24, 2.45) is 0 Å². The Balaban J connectivity index is 1.01. The van der Waals surface area contributed by atoms with Crippen molar-refractivity contribution in [3.63, 3.8) is 0 Å². The third kappa shape index (κ3) is 8.28. The zero-order valence-corrected chi connectivity index (χ0v) is 32.6. The van der Waals surface area contributed by atoms with Gasteiger partial charge in [0, 0.05) is 58.0 Å². The highest BCUT2D eigenvalue weighted by Gasteiger charge is 2.50. The lowest BCUT2D eigenvalue weighted by molar-refractivity contribution is -0.164. The molecular formula is C41H36Cl4N4O6. The van der Waals surface area contributed by atoms with Crippen molar-refractivity contribution in [3.8, 4) is 11.5 Å². The number of aryl methyl sites for hydroxylation is 2. The summed E-state index contributed by atoms with van der Waals surface area (Å²) < 4.78 is 14.9. The van der Waals surface area contributed by atoms with Crippen LogP contribution < -0.4 is 20.7 Å². The van der Waals surface area contributed by atoms with Crippen LogP contribution in [0.1, 0.15) is 41.6 Å². The third-order valence-electron chi connectivity index (χ3n) is 9.86. The number of β-lactam (4-membered cyclic amide) rings is 2. The summed E-state index contributed by atoms with van der Waals surface area (Å²) in [5, 5.41) is 2.25. The van der Waals surface area contributed by atoms with E-state index in [0.29, 0.717) is 56.5 Å². The van der Waals surface area contributed by atoms with E-state index in [1.807, 2.05) is 24.3 Å². The van der Waals surface area contributed by atoms with Crippen molar-refractivity contribution in [1.82, 2.24) is 18.9 Å². The topological polar surface area (TPSA) is 103 Å². The number of halogens is 4. The second kappa shape index (κ2) is 16.5. The van der Waals surface area contributed by atoms with Gasteiger partial charge in [-0.15, -0.1) is 0 Å². The molecule has 284 valence electrons. The maximum atomic E-state index is 13.7. The highest BCUT2D eigenvalue weighted by atomic mass is 35.5. The second-order valence-corrected chi connectivity index (χ2v) is 15.2. The molecule has 0 N–H and O–H groups in total. The number of nitrogens with zero attached hydrogens (tertiary/aromatic N) is 4. The molecule has 0 spiro atoms. The number of likely N-dealkylation sites (tertiary alicyclic amines) is 2. The fraction of sp³-hybridized carbons (Fsp3) is 0.268. The molecule has 0 aliphatic carbocycles. The minimum atomic E-state index is -0.766. The average molecular weight is 823 g/mol. The summed E-state index contributed by atoms with van der Waals surface area (Å²) in [6.07, 6.45) is 0.837. The van der Waals surface area contributed by atoms with Crippen molar-refractivity contribution < 1.29 is 19.1 Å². The smallest absolute Gasteiger partial charge is 0.330 e. The molecule has 0 bridgehead atoms. The van der Waals surface area contributed by atoms with E-state index in [2.05, 4.69) is 0 Å². The molecule has 10 nitrogen and oxygen atoms in total. The maximum Gasteiger partial charge on any atom is 0.330 e. The summed E-state index contributed by atoms with van der Waals surface area (Å²) in [5.74, 6) is 0.651. The number of carbonyl (C=O) groups excluding carboxylic acids is 2. The van der Waals surface area contributed by atoms with Crippen LogP contribution in [0.3, 0.4) is 0 Å². The minimum absolute atomic E-state index is 0.103. The Bertz CT molecular complexity index is 2300. The Morgan fingerprint density at radius 3 is 1.33 bits per heavy atom. The standard InChI is InChI=1S/C41H36Cl4N4O6/c1-25-24-46(20-2-21-47-34(26-4-8-28(42)9-5-26)36(39(47)51)54-32-16-12-30(44)13-17-32)41(53)49(38(25)50)23-3-22-48-35(27-6-10-29(43)11-7-27)37(40(48)52)55-33-18-14-31(45)15-19-33/h4-19,24,34-37H,2-3,20-23H2,1H3/t34-,35+,36+,37-/m1/s1. The Morgan fingerprint density at radius 1 is 0.527 bits per heavy atom. The highest BCUT2D eigenvalue weighted by molar-refractivity contribution is 6.31. The molecule has 0 unspecified atom stereocenters. The van der Waals surface area contributed by atoms with E-state index < -0.39 is 29.5 Å². The monoisotopic (exact) mass is 820 g/mol. The summed E-state index contributed by atoms with van der Waals surface area (Å²) in [7, 11) is 0. The third-order valence-corrected chi connectivity index (χ3v) is 10.9. The summed E-state index contributed by atoms with van der Waals surface area (Å²) in [6, 6.07) is 27.4. The Kier molecular flexibility index (Phi) is 11.6. The van der Waals surface area contributed by atoms with Gasteiger partial charge in [-0.25, -0.2) is 4.79 Å². The van der Waals surface area contributed by atoms with E-state index >= 15 is 0 Å². The van der Waals surface area contributed by atoms with Crippen LogP contribution in [0.25, 0.3) is 0 Å². The van der Waals surface area contributed by atoms with Crippen LogP contribution in [0.5, 0.6) is 11.5 Å². The number of amides is 2. The number of carbonyl (C=O) groups is 2. The molecule has 2 fully saturated rings. The van der Waals surface area contributed by atoms with Crippen LogP contribution in [0.4, 0.5) is 0 Å². The molecule has 4 atom stereocenters. The summed E-state index contributed by atoms with van der Waals surface area (Å²) in [5.41, 5.74) is 1.27.